The van der Waals surface area contributed by atoms with Gasteiger partial charge in [-0.3, -0.25) is 0 Å². The summed E-state index contributed by atoms with van der Waals surface area (Å²) in [5.41, 5.74) is 6.52. The summed E-state index contributed by atoms with van der Waals surface area (Å²) in [6.07, 6.45) is 2.51. The SMILES string of the molecule is CCCCC(N=O)/C(N)=C/N(N)C(C1OC(C)(C)OC1OC)C(C)[C@H]1COC(C)(C)O1. The molecule has 31 heavy (non-hydrogen) atoms. The van der Waals surface area contributed by atoms with Gasteiger partial charge < -0.3 is 34.4 Å². The molecule has 0 aliphatic carbocycles. The van der Waals surface area contributed by atoms with Crippen LogP contribution >= 0.6 is 0 Å². The van der Waals surface area contributed by atoms with Crippen molar-refractivity contribution in [2.45, 2.75) is 103 Å². The van der Waals surface area contributed by atoms with Crippen LogP contribution in [0.1, 0.15) is 60.8 Å². The molecule has 0 spiro atoms. The molecule has 10 nitrogen and oxygen atoms in total. The Hall–Kier alpha value is -1.30. The first kappa shape index (κ1) is 26.0. The summed E-state index contributed by atoms with van der Waals surface area (Å²) < 4.78 is 29.5. The molecule has 0 aromatic carbocycles. The third-order valence-electron chi connectivity index (χ3n) is 5.80. The number of hydrazine groups is 1. The largest absolute Gasteiger partial charge is 0.399 e. The molecule has 4 N–H and O–H groups in total. The minimum absolute atomic E-state index is 0.144. The average molecular weight is 445 g/mol. The predicted octanol–water partition coefficient (Wildman–Crippen LogP) is 2.57. The Morgan fingerprint density at radius 3 is 2.45 bits per heavy atom. The van der Waals surface area contributed by atoms with Gasteiger partial charge in [0.25, 0.3) is 0 Å². The smallest absolute Gasteiger partial charge is 0.188 e. The summed E-state index contributed by atoms with van der Waals surface area (Å²) in [5.74, 6) is 4.83. The second-order valence-electron chi connectivity index (χ2n) is 9.26. The van der Waals surface area contributed by atoms with Gasteiger partial charge in [0.15, 0.2) is 17.9 Å². The van der Waals surface area contributed by atoms with E-state index in [1.807, 2.05) is 41.5 Å². The Balaban J connectivity index is 2.32. The first-order chi connectivity index (χ1) is 14.4. The van der Waals surface area contributed by atoms with E-state index < -0.39 is 36.1 Å². The Morgan fingerprint density at radius 1 is 1.26 bits per heavy atom. The molecule has 2 saturated heterocycles. The van der Waals surface area contributed by atoms with Gasteiger partial charge in [-0.2, -0.15) is 4.91 Å². The van der Waals surface area contributed by atoms with Crippen LogP contribution in [0.15, 0.2) is 17.1 Å². The predicted molar refractivity (Wildman–Crippen MR) is 116 cm³/mol. The third-order valence-corrected chi connectivity index (χ3v) is 5.80. The Bertz CT molecular complexity index is 629. The zero-order chi connectivity index (χ0) is 23.4. The number of nitrogens with two attached hydrogens (primary N) is 2. The van der Waals surface area contributed by atoms with Crippen molar-refractivity contribution in [1.29, 1.82) is 0 Å². The van der Waals surface area contributed by atoms with Crippen LogP contribution in [0.3, 0.4) is 0 Å². The maximum atomic E-state index is 11.3. The van der Waals surface area contributed by atoms with E-state index in [4.69, 9.17) is 35.3 Å². The van der Waals surface area contributed by atoms with E-state index in [2.05, 4.69) is 5.18 Å². The van der Waals surface area contributed by atoms with E-state index in [0.717, 1.165) is 12.8 Å². The fourth-order valence-electron chi connectivity index (χ4n) is 4.13. The summed E-state index contributed by atoms with van der Waals surface area (Å²) >= 11 is 0. The van der Waals surface area contributed by atoms with E-state index in [9.17, 15) is 4.91 Å². The molecule has 2 aliphatic heterocycles. The van der Waals surface area contributed by atoms with Crippen LogP contribution in [-0.4, -0.2) is 60.9 Å². The molecule has 0 bridgehead atoms. The summed E-state index contributed by atoms with van der Waals surface area (Å²) in [5, 5.41) is 4.65. The second-order valence-corrected chi connectivity index (χ2v) is 9.26. The highest BCUT2D eigenvalue weighted by Gasteiger charge is 2.51. The van der Waals surface area contributed by atoms with Crippen LogP contribution < -0.4 is 11.6 Å². The number of methoxy groups -OCH3 is 1. The monoisotopic (exact) mass is 444 g/mol. The van der Waals surface area contributed by atoms with Crippen LogP contribution in [0.2, 0.25) is 0 Å². The maximum absolute atomic E-state index is 11.3. The van der Waals surface area contributed by atoms with Gasteiger partial charge in [-0.25, -0.2) is 5.84 Å². The molecule has 0 radical (unpaired) electrons. The fraction of sp³-hybridized carbons (Fsp3) is 0.905. The average Bonchev–Trinajstić information content (AvgIpc) is 3.20. The van der Waals surface area contributed by atoms with Crippen LogP contribution in [0.25, 0.3) is 0 Å². The normalized spacial score (nSPS) is 30.7. The van der Waals surface area contributed by atoms with Gasteiger partial charge in [0.2, 0.25) is 0 Å². The van der Waals surface area contributed by atoms with Crippen molar-refractivity contribution in [2.24, 2.45) is 22.7 Å². The lowest BCUT2D eigenvalue weighted by Crippen LogP contribution is -2.55. The van der Waals surface area contributed by atoms with Gasteiger partial charge in [-0.05, 0) is 34.1 Å². The molecule has 180 valence electrons. The highest BCUT2D eigenvalue weighted by molar-refractivity contribution is 5.08. The number of nitrogens with zero attached hydrogens (tertiary/aromatic N) is 2. The lowest BCUT2D eigenvalue weighted by atomic mass is 9.90. The minimum Gasteiger partial charge on any atom is -0.399 e. The highest BCUT2D eigenvalue weighted by atomic mass is 16.8. The quantitative estimate of drug-likeness (QED) is 0.280. The molecule has 0 saturated carbocycles. The number of hydrogen-bond donors (Lipinski definition) is 2. The van der Waals surface area contributed by atoms with Crippen molar-refractivity contribution < 1.29 is 23.7 Å². The number of ether oxygens (including phenoxy) is 5. The van der Waals surface area contributed by atoms with Crippen LogP contribution in [0.5, 0.6) is 0 Å². The molecule has 0 aromatic heterocycles. The number of hydrogen-bond acceptors (Lipinski definition) is 10. The van der Waals surface area contributed by atoms with Crippen molar-refractivity contribution in [2.75, 3.05) is 13.7 Å². The lowest BCUT2D eigenvalue weighted by Gasteiger charge is -2.38. The lowest BCUT2D eigenvalue weighted by molar-refractivity contribution is -0.183. The van der Waals surface area contributed by atoms with Gasteiger partial charge in [-0.1, -0.05) is 31.9 Å². The standard InChI is InChI=1S/C21H40N4O6/c1-8-9-10-15(24-26)14(22)11-25(23)17(13(2)16-12-28-20(3,4)29-16)18-19(27-7)31-21(5,6)30-18/h11,13,15-19H,8-10,12,22-23H2,1-7H3/b14-11-/t13?,15?,16-,17?,18?,19?/m1/s1. The molecule has 2 fully saturated rings. The van der Waals surface area contributed by atoms with E-state index >= 15 is 0 Å². The number of rotatable bonds is 11. The Kier molecular flexibility index (Phi) is 8.83. The summed E-state index contributed by atoms with van der Waals surface area (Å²) in [7, 11) is 1.56. The van der Waals surface area contributed by atoms with Crippen LogP contribution in [0, 0.1) is 10.8 Å². The fourth-order valence-corrected chi connectivity index (χ4v) is 4.13. The van der Waals surface area contributed by atoms with Crippen molar-refractivity contribution in [1.82, 2.24) is 5.01 Å². The van der Waals surface area contributed by atoms with Gasteiger partial charge in [0.1, 0.15) is 12.1 Å². The molecule has 10 heteroatoms. The van der Waals surface area contributed by atoms with E-state index in [-0.39, 0.29) is 12.0 Å². The first-order valence-electron chi connectivity index (χ1n) is 11.0. The summed E-state index contributed by atoms with van der Waals surface area (Å²) in [4.78, 5) is 11.3. The molecule has 2 aliphatic rings. The molecular weight excluding hydrogens is 404 g/mol. The molecule has 2 heterocycles. The molecule has 5 unspecified atom stereocenters. The topological polar surface area (TPSA) is 131 Å². The summed E-state index contributed by atoms with van der Waals surface area (Å²) in [6.45, 7) is 11.9. The highest BCUT2D eigenvalue weighted by Crippen LogP contribution is 2.37. The van der Waals surface area contributed by atoms with Crippen molar-refractivity contribution in [3.05, 3.63) is 16.8 Å². The molecule has 2 rings (SSSR count). The molecular formula is C21H40N4O6. The molecule has 0 aromatic rings. The molecule has 6 atom stereocenters. The van der Waals surface area contributed by atoms with Crippen molar-refractivity contribution in [3.8, 4) is 0 Å². The third kappa shape index (κ3) is 6.59. The Morgan fingerprint density at radius 2 is 1.94 bits per heavy atom. The zero-order valence-electron chi connectivity index (χ0n) is 19.9. The van der Waals surface area contributed by atoms with E-state index in [1.165, 1.54) is 5.01 Å². The minimum atomic E-state index is -0.847. The van der Waals surface area contributed by atoms with Crippen LogP contribution in [-0.2, 0) is 23.7 Å². The number of unbranched alkanes of at least 4 members (excludes halogenated alkanes) is 1. The zero-order valence-corrected chi connectivity index (χ0v) is 19.9. The Labute approximate surface area is 185 Å². The van der Waals surface area contributed by atoms with E-state index in [0.29, 0.717) is 18.7 Å². The second kappa shape index (κ2) is 10.5. The van der Waals surface area contributed by atoms with Gasteiger partial charge in [0.05, 0.1) is 24.4 Å². The van der Waals surface area contributed by atoms with Gasteiger partial charge >= 0.3 is 0 Å². The van der Waals surface area contributed by atoms with E-state index in [1.54, 1.807) is 13.3 Å². The van der Waals surface area contributed by atoms with Gasteiger partial charge in [0, 0.05) is 19.2 Å². The van der Waals surface area contributed by atoms with Gasteiger partial charge in [-0.15, -0.1) is 0 Å². The van der Waals surface area contributed by atoms with Crippen LogP contribution in [0.4, 0.5) is 0 Å². The van der Waals surface area contributed by atoms with Crippen molar-refractivity contribution >= 4 is 0 Å². The maximum Gasteiger partial charge on any atom is 0.188 e. The number of nitroso groups, excluding NO2 is 1. The first-order valence-corrected chi connectivity index (χ1v) is 11.0. The molecule has 0 amide bonds. The summed E-state index contributed by atoms with van der Waals surface area (Å²) in [6, 6.07) is -1.08. The van der Waals surface area contributed by atoms with Crippen molar-refractivity contribution in [3.63, 3.8) is 0 Å².